The van der Waals surface area contributed by atoms with Crippen LogP contribution in [-0.4, -0.2) is 0 Å². The van der Waals surface area contributed by atoms with Gasteiger partial charge in [-0.25, -0.2) is 0 Å². The van der Waals surface area contributed by atoms with Crippen LogP contribution in [0.4, 0.5) is 0 Å². The first-order valence-electron chi connectivity index (χ1n) is 6.09. The third-order valence-corrected chi connectivity index (χ3v) is 4.62. The average Bonchev–Trinajstić information content (AvgIpc) is 2.03. The van der Waals surface area contributed by atoms with Gasteiger partial charge < -0.3 is 0 Å². The predicted molar refractivity (Wildman–Crippen MR) is 57.5 cm³/mol. The number of rotatable bonds is 2. The maximum atomic E-state index is 2.42. The number of hydrogen-bond acceptors (Lipinski definition) is 0. The van der Waals surface area contributed by atoms with Crippen molar-refractivity contribution < 1.29 is 0 Å². The van der Waals surface area contributed by atoms with Crippen LogP contribution in [0.25, 0.3) is 0 Å². The second-order valence-electron chi connectivity index (χ2n) is 6.05. The molecule has 0 heteroatoms. The Bertz CT molecular complexity index is 168. The molecule has 2 atom stereocenters. The number of hydrogen-bond donors (Lipinski definition) is 0. The fourth-order valence-electron chi connectivity index (χ4n) is 3.91. The zero-order chi connectivity index (χ0) is 9.59. The molecule has 2 bridgehead atoms. The Hall–Kier alpha value is 0. The molecule has 0 nitrogen and oxygen atoms in total. The van der Waals surface area contributed by atoms with Gasteiger partial charge in [0.15, 0.2) is 0 Å². The molecule has 76 valence electrons. The first kappa shape index (κ1) is 9.55. The molecule has 0 aromatic carbocycles. The van der Waals surface area contributed by atoms with Crippen LogP contribution in [-0.2, 0) is 0 Å². The standard InChI is InChI=1S/C13H24/c1-8(2)10-5-11-7-12(6-10)13(11)9(3)4/h8-13H,5-7H2,1-4H3. The van der Waals surface area contributed by atoms with E-state index in [0.29, 0.717) is 0 Å². The van der Waals surface area contributed by atoms with E-state index < -0.39 is 0 Å². The van der Waals surface area contributed by atoms with Crippen LogP contribution in [0.2, 0.25) is 0 Å². The summed E-state index contributed by atoms with van der Waals surface area (Å²) in [7, 11) is 0. The molecule has 3 aliphatic carbocycles. The molecule has 13 heavy (non-hydrogen) atoms. The fraction of sp³-hybridized carbons (Fsp3) is 1.00. The van der Waals surface area contributed by atoms with Crippen LogP contribution < -0.4 is 0 Å². The molecule has 2 unspecified atom stereocenters. The molecule has 0 heterocycles. The summed E-state index contributed by atoms with van der Waals surface area (Å²) in [5.41, 5.74) is 0. The van der Waals surface area contributed by atoms with Gasteiger partial charge in [-0.2, -0.15) is 0 Å². The summed E-state index contributed by atoms with van der Waals surface area (Å²) in [6.07, 6.45) is 4.64. The summed E-state index contributed by atoms with van der Waals surface area (Å²) in [5, 5.41) is 0. The van der Waals surface area contributed by atoms with Crippen molar-refractivity contribution >= 4 is 0 Å². The van der Waals surface area contributed by atoms with Gasteiger partial charge in [0, 0.05) is 0 Å². The summed E-state index contributed by atoms with van der Waals surface area (Å²) in [6.45, 7) is 9.64. The van der Waals surface area contributed by atoms with E-state index in [-0.39, 0.29) is 0 Å². The smallest absolute Gasteiger partial charge is 0.0334 e. The van der Waals surface area contributed by atoms with Gasteiger partial charge >= 0.3 is 0 Å². The van der Waals surface area contributed by atoms with Crippen molar-refractivity contribution in [3.63, 3.8) is 0 Å². The monoisotopic (exact) mass is 180 g/mol. The van der Waals surface area contributed by atoms with Gasteiger partial charge in [-0.05, 0) is 54.8 Å². The summed E-state index contributed by atoms with van der Waals surface area (Å²) in [6, 6.07) is 0. The lowest BCUT2D eigenvalue weighted by molar-refractivity contribution is -0.0567. The Morgan fingerprint density at radius 2 is 1.31 bits per heavy atom. The van der Waals surface area contributed by atoms with Crippen molar-refractivity contribution in [2.24, 2.45) is 35.5 Å². The Balaban J connectivity index is 1.94. The topological polar surface area (TPSA) is 0 Å². The zero-order valence-electron chi connectivity index (χ0n) is 9.59. The van der Waals surface area contributed by atoms with Crippen LogP contribution in [0.3, 0.4) is 0 Å². The van der Waals surface area contributed by atoms with E-state index in [4.69, 9.17) is 0 Å². The molecular formula is C13H24. The van der Waals surface area contributed by atoms with Crippen molar-refractivity contribution in [1.29, 1.82) is 0 Å². The lowest BCUT2D eigenvalue weighted by atomic mass is 9.50. The molecular weight excluding hydrogens is 156 g/mol. The van der Waals surface area contributed by atoms with E-state index in [1.54, 1.807) is 6.42 Å². The quantitative estimate of drug-likeness (QED) is 0.603. The van der Waals surface area contributed by atoms with Gasteiger partial charge in [-0.15, -0.1) is 0 Å². The summed E-state index contributed by atoms with van der Waals surface area (Å²) in [4.78, 5) is 0. The Morgan fingerprint density at radius 1 is 0.769 bits per heavy atom. The Kier molecular flexibility index (Phi) is 2.42. The Labute approximate surface area is 83.1 Å². The lowest BCUT2D eigenvalue weighted by Gasteiger charge is -2.55. The molecule has 3 fully saturated rings. The molecule has 0 saturated heterocycles. The fourth-order valence-corrected chi connectivity index (χ4v) is 3.91. The summed E-state index contributed by atoms with van der Waals surface area (Å²) in [5.74, 6) is 6.22. The summed E-state index contributed by atoms with van der Waals surface area (Å²) < 4.78 is 0. The maximum absolute atomic E-state index is 2.42. The van der Waals surface area contributed by atoms with Crippen molar-refractivity contribution in [3.05, 3.63) is 0 Å². The molecule has 3 aliphatic rings. The summed E-state index contributed by atoms with van der Waals surface area (Å²) >= 11 is 0. The van der Waals surface area contributed by atoms with Crippen molar-refractivity contribution in [2.45, 2.75) is 47.0 Å². The highest BCUT2D eigenvalue weighted by atomic mass is 14.5. The minimum atomic E-state index is 0.929. The first-order chi connectivity index (χ1) is 6.09. The molecule has 0 aromatic rings. The zero-order valence-corrected chi connectivity index (χ0v) is 9.59. The number of fused-ring (bicyclic) bond motifs is 2. The van der Waals surface area contributed by atoms with Crippen molar-refractivity contribution in [2.75, 3.05) is 0 Å². The second kappa shape index (κ2) is 3.29. The maximum Gasteiger partial charge on any atom is -0.0334 e. The average molecular weight is 180 g/mol. The lowest BCUT2D eigenvalue weighted by Crippen LogP contribution is -2.47. The first-order valence-corrected chi connectivity index (χ1v) is 6.09. The third kappa shape index (κ3) is 1.53. The van der Waals surface area contributed by atoms with Gasteiger partial charge in [0.05, 0.1) is 0 Å². The predicted octanol–water partition coefficient (Wildman–Crippen LogP) is 3.96. The van der Waals surface area contributed by atoms with E-state index in [0.717, 1.165) is 35.5 Å². The van der Waals surface area contributed by atoms with Gasteiger partial charge in [0.25, 0.3) is 0 Å². The van der Waals surface area contributed by atoms with Crippen molar-refractivity contribution in [3.8, 4) is 0 Å². The molecule has 0 aromatic heterocycles. The SMILES string of the molecule is CC(C)C1CC2CC(C1)C2C(C)C. The molecule has 3 saturated carbocycles. The van der Waals surface area contributed by atoms with E-state index in [9.17, 15) is 0 Å². The molecule has 0 spiro atoms. The van der Waals surface area contributed by atoms with Crippen LogP contribution in [0.1, 0.15) is 47.0 Å². The van der Waals surface area contributed by atoms with Crippen LogP contribution in [0.15, 0.2) is 0 Å². The van der Waals surface area contributed by atoms with Crippen LogP contribution in [0, 0.1) is 35.5 Å². The highest BCUT2D eigenvalue weighted by Gasteiger charge is 2.48. The Morgan fingerprint density at radius 3 is 1.69 bits per heavy atom. The van der Waals surface area contributed by atoms with Crippen molar-refractivity contribution in [1.82, 2.24) is 0 Å². The van der Waals surface area contributed by atoms with E-state index in [1.165, 1.54) is 12.8 Å². The molecule has 0 amide bonds. The molecule has 0 aliphatic heterocycles. The van der Waals surface area contributed by atoms with Gasteiger partial charge in [0.2, 0.25) is 0 Å². The molecule has 0 radical (unpaired) electrons. The third-order valence-electron chi connectivity index (χ3n) is 4.62. The van der Waals surface area contributed by atoms with Gasteiger partial charge in [0.1, 0.15) is 0 Å². The highest BCUT2D eigenvalue weighted by molar-refractivity contribution is 4.97. The van der Waals surface area contributed by atoms with Gasteiger partial charge in [-0.1, -0.05) is 27.7 Å². The van der Waals surface area contributed by atoms with E-state index >= 15 is 0 Å². The minimum absolute atomic E-state index is 0.929. The highest BCUT2D eigenvalue weighted by Crippen LogP contribution is 2.56. The minimum Gasteiger partial charge on any atom is -0.0625 e. The van der Waals surface area contributed by atoms with Crippen LogP contribution in [0.5, 0.6) is 0 Å². The largest absolute Gasteiger partial charge is 0.0625 e. The van der Waals surface area contributed by atoms with E-state index in [2.05, 4.69) is 27.7 Å². The molecule has 3 rings (SSSR count). The van der Waals surface area contributed by atoms with Gasteiger partial charge in [-0.3, -0.25) is 0 Å². The second-order valence-corrected chi connectivity index (χ2v) is 6.05. The normalized spacial score (nSPS) is 43.8. The molecule has 0 N–H and O–H groups in total. The van der Waals surface area contributed by atoms with E-state index in [1.807, 2.05) is 0 Å². The van der Waals surface area contributed by atoms with Crippen LogP contribution >= 0.6 is 0 Å².